The normalized spacial score (nSPS) is 18.3. The lowest BCUT2D eigenvalue weighted by Gasteiger charge is -2.15. The second kappa shape index (κ2) is 5.56. The van der Waals surface area contributed by atoms with Gasteiger partial charge in [0.15, 0.2) is 0 Å². The minimum absolute atomic E-state index is 0.0147. The third-order valence-electron chi connectivity index (χ3n) is 3.70. The number of benzene rings is 1. The second-order valence-corrected chi connectivity index (χ2v) is 5.21. The molecule has 1 aliphatic rings. The van der Waals surface area contributed by atoms with Crippen LogP contribution in [-0.4, -0.2) is 16.0 Å². The molecule has 1 aromatic heterocycles. The Morgan fingerprint density at radius 3 is 2.87 bits per heavy atom. The van der Waals surface area contributed by atoms with E-state index in [0.717, 1.165) is 0 Å². The number of aliphatic hydroxyl groups is 1. The quantitative estimate of drug-likeness (QED) is 0.941. The van der Waals surface area contributed by atoms with Crippen molar-refractivity contribution in [2.45, 2.75) is 25.1 Å². The number of hydrogen-bond acceptors (Lipinski definition) is 4. The number of aromatic nitrogens is 1. The van der Waals surface area contributed by atoms with Crippen molar-refractivity contribution in [2.24, 2.45) is 0 Å². The largest absolute Gasteiger partial charge is 0.455 e. The van der Waals surface area contributed by atoms with Crippen molar-refractivity contribution in [3.63, 3.8) is 0 Å². The van der Waals surface area contributed by atoms with Gasteiger partial charge in [-0.1, -0.05) is 6.07 Å². The first-order valence-electron chi connectivity index (χ1n) is 6.76. The lowest BCUT2D eigenvalue weighted by Crippen LogP contribution is -2.21. The van der Waals surface area contributed by atoms with E-state index in [2.05, 4.69) is 4.98 Å². The van der Waals surface area contributed by atoms with E-state index in [1.807, 2.05) is 6.07 Å². The van der Waals surface area contributed by atoms with E-state index in [-0.39, 0.29) is 33.8 Å². The van der Waals surface area contributed by atoms with Crippen molar-refractivity contribution in [3.8, 4) is 17.6 Å². The molecule has 2 aromatic rings. The molecule has 0 spiro atoms. The van der Waals surface area contributed by atoms with Gasteiger partial charge in [0.05, 0.1) is 11.8 Å². The van der Waals surface area contributed by atoms with Crippen molar-refractivity contribution in [1.29, 1.82) is 5.26 Å². The molecule has 23 heavy (non-hydrogen) atoms. The van der Waals surface area contributed by atoms with Crippen LogP contribution >= 0.6 is 0 Å². The van der Waals surface area contributed by atoms with Gasteiger partial charge in [0, 0.05) is 24.2 Å². The maximum Gasteiger partial charge on any atom is 0.281 e. The molecular weight excluding hydrogens is 309 g/mol. The summed E-state index contributed by atoms with van der Waals surface area (Å²) in [6, 6.07) is 5.98. The highest BCUT2D eigenvalue weighted by molar-refractivity contribution is 5.52. The molecule has 4 nitrogen and oxygen atoms in total. The molecule has 0 amide bonds. The third-order valence-corrected chi connectivity index (χ3v) is 3.70. The number of nitriles is 1. The average Bonchev–Trinajstić information content (AvgIpc) is 2.79. The fourth-order valence-electron chi connectivity index (χ4n) is 2.63. The number of fused-ring (bicyclic) bond motifs is 1. The summed E-state index contributed by atoms with van der Waals surface area (Å²) < 4.78 is 46.1. The Labute approximate surface area is 129 Å². The van der Waals surface area contributed by atoms with E-state index in [9.17, 15) is 18.3 Å². The maximum absolute atomic E-state index is 13.8. The van der Waals surface area contributed by atoms with Crippen molar-refractivity contribution in [1.82, 2.24) is 4.98 Å². The SMILES string of the molecule is N#Cc1cncc(Oc2ccc(CF)c3c2CC(F)(F)[C@H]3O)c1. The maximum atomic E-state index is 13.8. The Morgan fingerprint density at radius 1 is 1.39 bits per heavy atom. The summed E-state index contributed by atoms with van der Waals surface area (Å²) in [5.74, 6) is -3.09. The number of pyridine rings is 1. The van der Waals surface area contributed by atoms with Gasteiger partial charge in [-0.25, -0.2) is 13.2 Å². The van der Waals surface area contributed by atoms with Crippen LogP contribution in [0.4, 0.5) is 13.2 Å². The van der Waals surface area contributed by atoms with Crippen molar-refractivity contribution >= 4 is 0 Å². The highest BCUT2D eigenvalue weighted by atomic mass is 19.3. The van der Waals surface area contributed by atoms with Gasteiger partial charge in [0.2, 0.25) is 0 Å². The molecule has 0 fully saturated rings. The number of alkyl halides is 3. The molecule has 118 valence electrons. The number of aliphatic hydroxyl groups excluding tert-OH is 1. The monoisotopic (exact) mass is 320 g/mol. The topological polar surface area (TPSA) is 66.1 Å². The van der Waals surface area contributed by atoms with Crippen LogP contribution in [0.5, 0.6) is 11.5 Å². The molecule has 1 aromatic carbocycles. The molecule has 1 N–H and O–H groups in total. The molecule has 0 radical (unpaired) electrons. The van der Waals surface area contributed by atoms with Crippen molar-refractivity contribution in [2.75, 3.05) is 0 Å². The molecule has 0 aliphatic heterocycles. The number of halogens is 3. The molecule has 1 heterocycles. The Kier molecular flexibility index (Phi) is 3.70. The molecule has 0 saturated carbocycles. The van der Waals surface area contributed by atoms with Crippen LogP contribution in [0.3, 0.4) is 0 Å². The van der Waals surface area contributed by atoms with Gasteiger partial charge in [-0.15, -0.1) is 0 Å². The Balaban J connectivity index is 2.04. The van der Waals surface area contributed by atoms with Crippen LogP contribution < -0.4 is 4.74 Å². The Hall–Kier alpha value is -2.59. The number of ether oxygens (including phenoxy) is 1. The van der Waals surface area contributed by atoms with E-state index >= 15 is 0 Å². The molecule has 7 heteroatoms. The highest BCUT2D eigenvalue weighted by Gasteiger charge is 2.49. The number of hydrogen-bond donors (Lipinski definition) is 1. The van der Waals surface area contributed by atoms with Gasteiger partial charge in [0.25, 0.3) is 5.92 Å². The van der Waals surface area contributed by atoms with Crippen molar-refractivity contribution < 1.29 is 23.0 Å². The molecule has 1 atom stereocenters. The first kappa shape index (κ1) is 15.3. The number of rotatable bonds is 3. The fourth-order valence-corrected chi connectivity index (χ4v) is 2.63. The summed E-state index contributed by atoms with van der Waals surface area (Å²) in [4.78, 5) is 3.82. The van der Waals surface area contributed by atoms with Crippen LogP contribution in [0.15, 0.2) is 30.6 Å². The summed E-state index contributed by atoms with van der Waals surface area (Å²) in [7, 11) is 0. The average molecular weight is 320 g/mol. The summed E-state index contributed by atoms with van der Waals surface area (Å²) in [5, 5.41) is 18.6. The van der Waals surface area contributed by atoms with Crippen LogP contribution in [0.25, 0.3) is 0 Å². The molecule has 0 bridgehead atoms. The lowest BCUT2D eigenvalue weighted by atomic mass is 10.0. The van der Waals surface area contributed by atoms with Crippen LogP contribution in [-0.2, 0) is 13.1 Å². The van der Waals surface area contributed by atoms with Gasteiger partial charge in [0.1, 0.15) is 30.3 Å². The van der Waals surface area contributed by atoms with Crippen molar-refractivity contribution in [3.05, 3.63) is 52.8 Å². The number of nitrogens with zero attached hydrogens (tertiary/aromatic N) is 2. The summed E-state index contributed by atoms with van der Waals surface area (Å²) in [6.07, 6.45) is -0.130. The smallest absolute Gasteiger partial charge is 0.281 e. The van der Waals surface area contributed by atoms with E-state index in [0.29, 0.717) is 0 Å². The standard InChI is InChI=1S/C16H11F3N2O2/c17-5-10-1-2-13(12-4-16(18,19)15(22)14(10)12)23-11-3-9(6-20)7-21-8-11/h1-3,7-8,15,22H,4-5H2/t15-/m0/s1. The van der Waals surface area contributed by atoms with Gasteiger partial charge >= 0.3 is 0 Å². The predicted molar refractivity (Wildman–Crippen MR) is 73.9 cm³/mol. The van der Waals surface area contributed by atoms with Crippen LogP contribution in [0.2, 0.25) is 0 Å². The summed E-state index contributed by atoms with van der Waals surface area (Å²) in [6.45, 7) is -0.957. The van der Waals surface area contributed by atoms with Gasteiger partial charge < -0.3 is 9.84 Å². The van der Waals surface area contributed by atoms with E-state index in [1.54, 1.807) is 0 Å². The zero-order valence-electron chi connectivity index (χ0n) is 11.8. The first-order valence-corrected chi connectivity index (χ1v) is 6.76. The molecule has 1 aliphatic carbocycles. The van der Waals surface area contributed by atoms with Gasteiger partial charge in [-0.3, -0.25) is 4.98 Å². The molecular formula is C16H11F3N2O2. The fraction of sp³-hybridized carbons (Fsp3) is 0.250. The highest BCUT2D eigenvalue weighted by Crippen LogP contribution is 2.48. The lowest BCUT2D eigenvalue weighted by molar-refractivity contribution is -0.0971. The van der Waals surface area contributed by atoms with E-state index in [4.69, 9.17) is 10.00 Å². The first-order chi connectivity index (χ1) is 11.0. The summed E-state index contributed by atoms with van der Waals surface area (Å²) >= 11 is 0. The third kappa shape index (κ3) is 2.62. The van der Waals surface area contributed by atoms with Crippen LogP contribution in [0, 0.1) is 11.3 Å². The summed E-state index contributed by atoms with van der Waals surface area (Å²) in [5.41, 5.74) is 0.213. The predicted octanol–water partition coefficient (Wildman–Crippen LogP) is 3.44. The Morgan fingerprint density at radius 2 is 2.17 bits per heavy atom. The van der Waals surface area contributed by atoms with E-state index < -0.39 is 25.1 Å². The molecule has 3 rings (SSSR count). The van der Waals surface area contributed by atoms with Gasteiger partial charge in [-0.05, 0) is 17.2 Å². The molecule has 0 saturated heterocycles. The van der Waals surface area contributed by atoms with Gasteiger partial charge in [-0.2, -0.15) is 5.26 Å². The zero-order valence-corrected chi connectivity index (χ0v) is 11.8. The van der Waals surface area contributed by atoms with Crippen LogP contribution in [0.1, 0.15) is 28.4 Å². The minimum atomic E-state index is -3.38. The minimum Gasteiger partial charge on any atom is -0.455 e. The van der Waals surface area contributed by atoms with E-state index in [1.165, 1.54) is 30.6 Å². The molecule has 0 unspecified atom stereocenters. The second-order valence-electron chi connectivity index (χ2n) is 5.21. The Bertz CT molecular complexity index is 802. The zero-order chi connectivity index (χ0) is 16.6.